The third kappa shape index (κ3) is 4.97. The van der Waals surface area contributed by atoms with Crippen molar-refractivity contribution in [2.45, 2.75) is 19.9 Å². The Balaban J connectivity index is 1.86. The number of thiazole rings is 1. The second-order valence-electron chi connectivity index (χ2n) is 7.74. The lowest BCUT2D eigenvalue weighted by molar-refractivity contribution is -0.138. The van der Waals surface area contributed by atoms with Crippen molar-refractivity contribution in [2.24, 2.45) is 4.99 Å². The van der Waals surface area contributed by atoms with Gasteiger partial charge < -0.3 is 14.2 Å². The first-order valence-electron chi connectivity index (χ1n) is 11.1. The van der Waals surface area contributed by atoms with E-state index in [-0.39, 0.29) is 12.2 Å². The maximum Gasteiger partial charge on any atom is 0.338 e. The number of rotatable bonds is 8. The van der Waals surface area contributed by atoms with Gasteiger partial charge in [0.15, 0.2) is 4.80 Å². The van der Waals surface area contributed by atoms with Crippen LogP contribution in [0.25, 0.3) is 6.08 Å². The average molecular weight is 491 g/mol. The maximum atomic E-state index is 13.6. The van der Waals surface area contributed by atoms with Crippen LogP contribution in [0.4, 0.5) is 0 Å². The summed E-state index contributed by atoms with van der Waals surface area (Å²) in [4.78, 5) is 31.8. The molecule has 0 aliphatic carbocycles. The molecular formula is C27H26N2O5S. The van der Waals surface area contributed by atoms with E-state index in [0.29, 0.717) is 33.0 Å². The highest BCUT2D eigenvalue weighted by atomic mass is 32.1. The summed E-state index contributed by atoms with van der Waals surface area (Å²) in [5.74, 6) is 0.907. The molecule has 1 aliphatic rings. The smallest absolute Gasteiger partial charge is 0.338 e. The Morgan fingerprint density at radius 2 is 1.83 bits per heavy atom. The molecule has 2 heterocycles. The number of carbonyl (C=O) groups excluding carboxylic acids is 1. The van der Waals surface area contributed by atoms with E-state index < -0.39 is 12.0 Å². The van der Waals surface area contributed by atoms with Gasteiger partial charge in [-0.05, 0) is 55.3 Å². The average Bonchev–Trinajstić information content (AvgIpc) is 3.17. The highest BCUT2D eigenvalue weighted by Crippen LogP contribution is 2.31. The summed E-state index contributed by atoms with van der Waals surface area (Å²) in [6, 6.07) is 14.1. The third-order valence-corrected chi connectivity index (χ3v) is 6.48. The van der Waals surface area contributed by atoms with Crippen LogP contribution in [0.1, 0.15) is 31.0 Å². The van der Waals surface area contributed by atoms with Crippen molar-refractivity contribution >= 4 is 23.4 Å². The molecule has 180 valence electrons. The summed E-state index contributed by atoms with van der Waals surface area (Å²) in [6.07, 6.45) is 3.32. The Kier molecular flexibility index (Phi) is 7.31. The number of benzene rings is 2. The van der Waals surface area contributed by atoms with Gasteiger partial charge in [0.05, 0.1) is 35.6 Å². The molecule has 4 rings (SSSR count). The van der Waals surface area contributed by atoms with Gasteiger partial charge in [-0.15, -0.1) is 0 Å². The van der Waals surface area contributed by atoms with Crippen LogP contribution in [-0.4, -0.2) is 30.9 Å². The Bertz CT molecular complexity index is 1450. The van der Waals surface area contributed by atoms with Gasteiger partial charge in [-0.1, -0.05) is 48.3 Å². The van der Waals surface area contributed by atoms with Gasteiger partial charge >= 0.3 is 5.97 Å². The van der Waals surface area contributed by atoms with Crippen LogP contribution in [0.2, 0.25) is 0 Å². The molecule has 0 bridgehead atoms. The highest BCUT2D eigenvalue weighted by Gasteiger charge is 2.33. The topological polar surface area (TPSA) is 79.1 Å². The number of hydrogen-bond donors (Lipinski definition) is 0. The van der Waals surface area contributed by atoms with E-state index in [0.717, 1.165) is 16.9 Å². The molecule has 2 aromatic carbocycles. The van der Waals surface area contributed by atoms with Gasteiger partial charge in [-0.2, -0.15) is 0 Å². The van der Waals surface area contributed by atoms with Crippen LogP contribution < -0.4 is 24.4 Å². The number of hydrogen-bond acceptors (Lipinski definition) is 7. The summed E-state index contributed by atoms with van der Waals surface area (Å²) in [7, 11) is 1.58. The summed E-state index contributed by atoms with van der Waals surface area (Å²) >= 11 is 1.28. The van der Waals surface area contributed by atoms with Gasteiger partial charge in [0.25, 0.3) is 5.56 Å². The first-order chi connectivity index (χ1) is 17.0. The molecule has 1 aliphatic heterocycles. The number of nitrogens with zero attached hydrogens (tertiary/aromatic N) is 2. The first kappa shape index (κ1) is 24.2. The highest BCUT2D eigenvalue weighted by molar-refractivity contribution is 7.07. The molecule has 8 heteroatoms. The summed E-state index contributed by atoms with van der Waals surface area (Å²) < 4.78 is 18.2. The van der Waals surface area contributed by atoms with Crippen LogP contribution in [0.15, 0.2) is 82.2 Å². The molecule has 0 N–H and O–H groups in total. The number of aromatic nitrogens is 1. The van der Waals surface area contributed by atoms with E-state index in [9.17, 15) is 9.59 Å². The van der Waals surface area contributed by atoms with Crippen molar-refractivity contribution in [2.75, 3.05) is 20.3 Å². The van der Waals surface area contributed by atoms with Crippen LogP contribution in [0.5, 0.6) is 11.5 Å². The molecule has 0 saturated heterocycles. The lowest BCUT2D eigenvalue weighted by Crippen LogP contribution is -2.39. The van der Waals surface area contributed by atoms with Gasteiger partial charge in [0.2, 0.25) is 0 Å². The molecule has 35 heavy (non-hydrogen) atoms. The van der Waals surface area contributed by atoms with Gasteiger partial charge in [-0.3, -0.25) is 9.36 Å². The second kappa shape index (κ2) is 10.6. The minimum Gasteiger partial charge on any atom is -0.497 e. The zero-order valence-corrected chi connectivity index (χ0v) is 20.6. The van der Waals surface area contributed by atoms with Gasteiger partial charge in [0, 0.05) is 0 Å². The molecule has 0 unspecified atom stereocenters. The van der Waals surface area contributed by atoms with Crippen LogP contribution in [-0.2, 0) is 9.53 Å². The van der Waals surface area contributed by atoms with E-state index >= 15 is 0 Å². The Hall–Kier alpha value is -3.91. The van der Waals surface area contributed by atoms with Crippen molar-refractivity contribution in [1.29, 1.82) is 0 Å². The van der Waals surface area contributed by atoms with E-state index in [2.05, 4.69) is 11.6 Å². The minimum atomic E-state index is -0.683. The predicted octanol–water partition coefficient (Wildman–Crippen LogP) is 3.37. The molecule has 7 nitrogen and oxygen atoms in total. The van der Waals surface area contributed by atoms with E-state index in [1.54, 1.807) is 30.7 Å². The van der Waals surface area contributed by atoms with Crippen LogP contribution in [0.3, 0.4) is 0 Å². The summed E-state index contributed by atoms with van der Waals surface area (Å²) in [6.45, 7) is 7.93. The number of fused-ring (bicyclic) bond motifs is 1. The molecule has 0 saturated carbocycles. The largest absolute Gasteiger partial charge is 0.497 e. The SMILES string of the molecule is C=CCOC(=O)C1=C(C)N=c2s/c(=C\c3ccc(OCC)cc3)c(=O)n2[C@H]1c1ccc(OC)cc1. The summed E-state index contributed by atoms with van der Waals surface area (Å²) in [5, 5.41) is 0. The van der Waals surface area contributed by atoms with E-state index in [1.165, 1.54) is 17.4 Å². The molecule has 3 aromatic rings. The molecule has 0 spiro atoms. The number of allylic oxidation sites excluding steroid dienone is 1. The van der Waals surface area contributed by atoms with Crippen molar-refractivity contribution in [1.82, 2.24) is 4.57 Å². The number of esters is 1. The van der Waals surface area contributed by atoms with Crippen molar-refractivity contribution in [3.8, 4) is 11.5 Å². The predicted molar refractivity (Wildman–Crippen MR) is 136 cm³/mol. The fourth-order valence-electron chi connectivity index (χ4n) is 3.87. The molecule has 0 radical (unpaired) electrons. The van der Waals surface area contributed by atoms with E-state index in [4.69, 9.17) is 14.2 Å². The maximum absolute atomic E-state index is 13.6. The normalized spacial score (nSPS) is 15.3. The number of carbonyl (C=O) groups is 1. The molecule has 0 fully saturated rings. The number of methoxy groups -OCH3 is 1. The monoisotopic (exact) mass is 490 g/mol. The lowest BCUT2D eigenvalue weighted by atomic mass is 9.96. The number of ether oxygens (including phenoxy) is 3. The van der Waals surface area contributed by atoms with Gasteiger partial charge in [-0.25, -0.2) is 9.79 Å². The minimum absolute atomic E-state index is 0.0626. The summed E-state index contributed by atoms with van der Waals surface area (Å²) in [5.41, 5.74) is 2.20. The fraction of sp³-hybridized carbons (Fsp3) is 0.222. The zero-order chi connectivity index (χ0) is 24.9. The van der Waals surface area contributed by atoms with Crippen molar-refractivity contribution < 1.29 is 19.0 Å². The standard InChI is InChI=1S/C27H26N2O5S/c1-5-15-34-26(31)23-17(3)28-27-29(24(23)19-9-13-20(32-4)14-10-19)25(30)22(35-27)16-18-7-11-21(12-8-18)33-6-2/h5,7-14,16,24H,1,6,15H2,2-4H3/b22-16-/t24-/m0/s1. The molecule has 0 amide bonds. The fourth-order valence-corrected chi connectivity index (χ4v) is 4.92. The first-order valence-corrected chi connectivity index (χ1v) is 12.0. The second-order valence-corrected chi connectivity index (χ2v) is 8.75. The Labute approximate surface area is 206 Å². The molecule has 1 aromatic heterocycles. The third-order valence-electron chi connectivity index (χ3n) is 5.49. The Morgan fingerprint density at radius 1 is 1.14 bits per heavy atom. The Morgan fingerprint density at radius 3 is 2.46 bits per heavy atom. The van der Waals surface area contributed by atoms with Crippen LogP contribution in [0, 0.1) is 0 Å². The van der Waals surface area contributed by atoms with E-state index in [1.807, 2.05) is 49.4 Å². The van der Waals surface area contributed by atoms with Gasteiger partial charge in [0.1, 0.15) is 18.1 Å². The van der Waals surface area contributed by atoms with Crippen molar-refractivity contribution in [3.63, 3.8) is 0 Å². The van der Waals surface area contributed by atoms with Crippen LogP contribution >= 0.6 is 11.3 Å². The lowest BCUT2D eigenvalue weighted by Gasteiger charge is -2.24. The molecule has 1 atom stereocenters. The zero-order valence-electron chi connectivity index (χ0n) is 19.8. The quantitative estimate of drug-likeness (QED) is 0.357. The molecular weight excluding hydrogens is 464 g/mol. The van der Waals surface area contributed by atoms with Crippen molar-refractivity contribution in [3.05, 3.63) is 103 Å².